The maximum atomic E-state index is 14.3. The van der Waals surface area contributed by atoms with E-state index in [4.69, 9.17) is 10.5 Å². The van der Waals surface area contributed by atoms with Gasteiger partial charge < -0.3 is 15.8 Å². The molecule has 45 heavy (non-hydrogen) atoms. The van der Waals surface area contributed by atoms with Crippen molar-refractivity contribution in [3.8, 4) is 5.69 Å². The summed E-state index contributed by atoms with van der Waals surface area (Å²) in [6.45, 7) is 11.4. The average Bonchev–Trinajstić information content (AvgIpc) is 2.97. The van der Waals surface area contributed by atoms with Crippen LogP contribution < -0.4 is 16.6 Å². The summed E-state index contributed by atoms with van der Waals surface area (Å²) in [5.41, 5.74) is 6.78. The fourth-order valence-electron chi connectivity index (χ4n) is 6.25. The van der Waals surface area contributed by atoms with Gasteiger partial charge in [0.1, 0.15) is 29.6 Å². The summed E-state index contributed by atoms with van der Waals surface area (Å²) in [5, 5.41) is 3.41. The van der Waals surface area contributed by atoms with Crippen molar-refractivity contribution in [2.75, 3.05) is 12.3 Å². The highest BCUT2D eigenvalue weighted by Crippen LogP contribution is 2.35. The van der Waals surface area contributed by atoms with Crippen molar-refractivity contribution in [2.45, 2.75) is 78.9 Å². The van der Waals surface area contributed by atoms with E-state index in [1.807, 2.05) is 12.1 Å². The van der Waals surface area contributed by atoms with Gasteiger partial charge in [0.05, 0.1) is 16.8 Å². The molecular formula is C36H45F2N3O4. The molecule has 2 aromatic carbocycles. The minimum atomic E-state index is -1.01. The second-order valence-electron chi connectivity index (χ2n) is 13.1. The van der Waals surface area contributed by atoms with Crippen LogP contribution in [0.15, 0.2) is 59.4 Å². The Morgan fingerprint density at radius 1 is 1.00 bits per heavy atom. The Bertz CT molecular complexity index is 1550. The average molecular weight is 622 g/mol. The molecule has 4 rings (SSSR count). The van der Waals surface area contributed by atoms with Gasteiger partial charge in [0.2, 0.25) is 0 Å². The first-order chi connectivity index (χ1) is 21.3. The maximum Gasteiger partial charge on any atom is 0.323 e. The molecule has 1 fully saturated rings. The molecule has 1 heterocycles. The largest absolute Gasteiger partial charge is 0.461 e. The van der Waals surface area contributed by atoms with E-state index >= 15 is 0 Å². The van der Waals surface area contributed by atoms with Crippen LogP contribution >= 0.6 is 0 Å². The molecule has 0 amide bonds. The predicted octanol–water partition coefficient (Wildman–Crippen LogP) is 6.48. The number of ether oxygens (including phenoxy) is 1. The van der Waals surface area contributed by atoms with E-state index in [9.17, 15) is 23.2 Å². The molecule has 1 aliphatic rings. The Balaban J connectivity index is 1.43. The molecule has 1 unspecified atom stereocenters. The van der Waals surface area contributed by atoms with Crippen LogP contribution in [0.3, 0.4) is 0 Å². The topological polar surface area (TPSA) is 103 Å². The Morgan fingerprint density at radius 2 is 1.69 bits per heavy atom. The molecule has 4 atom stereocenters. The van der Waals surface area contributed by atoms with E-state index < -0.39 is 29.0 Å². The molecule has 7 nitrogen and oxygen atoms in total. The number of nitrogens with two attached hydrogens (primary N) is 1. The zero-order valence-electron chi connectivity index (χ0n) is 26.8. The molecule has 9 heteroatoms. The lowest BCUT2D eigenvalue weighted by molar-refractivity contribution is -0.159. The quantitative estimate of drug-likeness (QED) is 0.177. The number of rotatable bonds is 12. The van der Waals surface area contributed by atoms with Gasteiger partial charge in [0.15, 0.2) is 5.78 Å². The summed E-state index contributed by atoms with van der Waals surface area (Å²) in [5.74, 6) is -1.20. The molecule has 3 aromatic rings. The molecule has 0 radical (unpaired) electrons. The number of nitrogens with zero attached hydrogens (tertiary/aromatic N) is 1. The number of hydrogen-bond donors (Lipinski definition) is 2. The van der Waals surface area contributed by atoms with Crippen molar-refractivity contribution in [3.63, 3.8) is 0 Å². The van der Waals surface area contributed by atoms with Crippen LogP contribution in [-0.2, 0) is 16.0 Å². The maximum absolute atomic E-state index is 14.3. The standard InChI is InChI=1S/C36H45F2N3O4/c1-21(2)18-31(36(44)45-32-19-23(5)6-12-27(32)22(3)4)40-17-16-24-7-10-26(11-8-24)41-33(42)15-14-29(35(41)39)34(43)28-13-9-25(37)20-30(28)38/h7-11,13-15,20-23,27,31-32,40H,6,12,16-19,39H2,1-5H3/t23-,27+,31?,32-/m0/s1. The minimum Gasteiger partial charge on any atom is -0.461 e. The lowest BCUT2D eigenvalue weighted by atomic mass is 9.75. The number of anilines is 1. The van der Waals surface area contributed by atoms with E-state index in [1.165, 1.54) is 23.1 Å². The first kappa shape index (κ1) is 34.0. The van der Waals surface area contributed by atoms with Gasteiger partial charge in [-0.15, -0.1) is 0 Å². The van der Waals surface area contributed by atoms with E-state index in [2.05, 4.69) is 39.9 Å². The summed E-state index contributed by atoms with van der Waals surface area (Å²) >= 11 is 0. The van der Waals surface area contributed by atoms with Gasteiger partial charge in [-0.2, -0.15) is 0 Å². The fraction of sp³-hybridized carbons (Fsp3) is 0.472. The monoisotopic (exact) mass is 621 g/mol. The number of hydrogen-bond acceptors (Lipinski definition) is 6. The second kappa shape index (κ2) is 15.0. The SMILES string of the molecule is CC(C)CC(NCCc1ccc(-n2c(N)c(C(=O)c3ccc(F)cc3F)ccc2=O)cc1)C(=O)O[C@H]1C[C@@H](C)CC[C@@H]1C(C)C. The third-order valence-electron chi connectivity index (χ3n) is 8.77. The molecule has 1 aliphatic carbocycles. The highest BCUT2D eigenvalue weighted by atomic mass is 19.1. The van der Waals surface area contributed by atoms with E-state index in [1.54, 1.807) is 12.1 Å². The lowest BCUT2D eigenvalue weighted by Gasteiger charge is -2.37. The van der Waals surface area contributed by atoms with Crippen molar-refractivity contribution in [1.82, 2.24) is 9.88 Å². The molecule has 0 saturated heterocycles. The number of ketones is 1. The van der Waals surface area contributed by atoms with Crippen LogP contribution in [0.25, 0.3) is 5.69 Å². The number of nitrogen functional groups attached to an aromatic ring is 1. The molecule has 0 spiro atoms. The molecule has 0 aliphatic heterocycles. The Morgan fingerprint density at radius 3 is 2.33 bits per heavy atom. The third kappa shape index (κ3) is 8.45. The third-order valence-corrected chi connectivity index (χ3v) is 8.77. The van der Waals surface area contributed by atoms with Crippen LogP contribution in [0.2, 0.25) is 0 Å². The zero-order chi connectivity index (χ0) is 32.8. The van der Waals surface area contributed by atoms with Crippen molar-refractivity contribution in [2.24, 2.45) is 23.7 Å². The van der Waals surface area contributed by atoms with Crippen LogP contribution in [0.5, 0.6) is 0 Å². The van der Waals surface area contributed by atoms with Crippen molar-refractivity contribution in [3.05, 3.63) is 93.3 Å². The number of nitrogens with one attached hydrogen (secondary N) is 1. The molecule has 3 N–H and O–H groups in total. The number of halogens is 2. The number of carbonyl (C=O) groups is 2. The molecule has 0 bridgehead atoms. The number of benzene rings is 2. The smallest absolute Gasteiger partial charge is 0.323 e. The van der Waals surface area contributed by atoms with E-state index in [0.717, 1.165) is 30.5 Å². The molecule has 242 valence electrons. The lowest BCUT2D eigenvalue weighted by Crippen LogP contribution is -2.44. The van der Waals surface area contributed by atoms with Crippen molar-refractivity contribution < 1.29 is 23.1 Å². The highest BCUT2D eigenvalue weighted by Gasteiger charge is 2.35. The van der Waals surface area contributed by atoms with Crippen LogP contribution in [0.4, 0.5) is 14.6 Å². The Kier molecular flexibility index (Phi) is 11.3. The Hall–Kier alpha value is -3.85. The van der Waals surface area contributed by atoms with Gasteiger partial charge in [0.25, 0.3) is 5.56 Å². The van der Waals surface area contributed by atoms with E-state index in [-0.39, 0.29) is 29.0 Å². The zero-order valence-corrected chi connectivity index (χ0v) is 26.8. The first-order valence-electron chi connectivity index (χ1n) is 15.9. The minimum absolute atomic E-state index is 0.0513. The summed E-state index contributed by atoms with van der Waals surface area (Å²) in [7, 11) is 0. The number of esters is 1. The number of carbonyl (C=O) groups excluding carboxylic acids is 2. The van der Waals surface area contributed by atoms with Crippen LogP contribution in [-0.4, -0.2) is 35.0 Å². The molecular weight excluding hydrogens is 576 g/mol. The van der Waals surface area contributed by atoms with Gasteiger partial charge >= 0.3 is 5.97 Å². The molecule has 1 aromatic heterocycles. The van der Waals surface area contributed by atoms with Gasteiger partial charge in [-0.3, -0.25) is 19.0 Å². The Labute approximate surface area is 264 Å². The van der Waals surface area contributed by atoms with Gasteiger partial charge in [-0.1, -0.05) is 53.2 Å². The van der Waals surface area contributed by atoms with Crippen molar-refractivity contribution >= 4 is 17.6 Å². The van der Waals surface area contributed by atoms with Gasteiger partial charge in [-0.05, 0) is 91.8 Å². The first-order valence-corrected chi connectivity index (χ1v) is 15.9. The van der Waals surface area contributed by atoms with Crippen LogP contribution in [0.1, 0.15) is 81.8 Å². The van der Waals surface area contributed by atoms with Crippen molar-refractivity contribution in [1.29, 1.82) is 0 Å². The van der Waals surface area contributed by atoms with Crippen LogP contribution in [0, 0.1) is 35.3 Å². The second-order valence-corrected chi connectivity index (χ2v) is 13.1. The summed E-state index contributed by atoms with van der Waals surface area (Å²) < 4.78 is 35.0. The highest BCUT2D eigenvalue weighted by molar-refractivity contribution is 6.11. The summed E-state index contributed by atoms with van der Waals surface area (Å²) in [6, 6.07) is 11.8. The molecule has 1 saturated carbocycles. The fourth-order valence-corrected chi connectivity index (χ4v) is 6.25. The van der Waals surface area contributed by atoms with E-state index in [0.29, 0.717) is 54.8 Å². The summed E-state index contributed by atoms with van der Waals surface area (Å²) in [4.78, 5) is 39.1. The number of aromatic nitrogens is 1. The normalized spacial score (nSPS) is 19.1. The predicted molar refractivity (Wildman–Crippen MR) is 172 cm³/mol. The van der Waals surface area contributed by atoms with Gasteiger partial charge in [-0.25, -0.2) is 8.78 Å². The number of pyridine rings is 1. The van der Waals surface area contributed by atoms with Gasteiger partial charge in [0, 0.05) is 12.1 Å². The summed E-state index contributed by atoms with van der Waals surface area (Å²) in [6.07, 6.45) is 4.41.